The maximum atomic E-state index is 12.9. The number of hydrogen-bond acceptors (Lipinski definition) is 2. The van der Waals surface area contributed by atoms with Gasteiger partial charge in [-0.1, -0.05) is 30.3 Å². The molecule has 1 aromatic heterocycles. The minimum absolute atomic E-state index is 0.0585. The van der Waals surface area contributed by atoms with E-state index < -0.39 is 0 Å². The monoisotopic (exact) mass is 303 g/mol. The number of amides is 1. The molecule has 0 radical (unpaired) electrons. The third-order valence-corrected chi connectivity index (χ3v) is 4.26. The molecule has 0 unspecified atom stereocenters. The molecule has 0 aliphatic carbocycles. The first-order valence-corrected chi connectivity index (χ1v) is 7.82. The maximum absolute atomic E-state index is 12.9. The highest BCUT2D eigenvalue weighted by atomic mass is 16.2. The average molecular weight is 303 g/mol. The zero-order valence-corrected chi connectivity index (χ0v) is 12.7. The Hall–Kier alpha value is -2.88. The van der Waals surface area contributed by atoms with Crippen molar-refractivity contribution in [2.24, 2.45) is 0 Å². The van der Waals surface area contributed by atoms with Crippen LogP contribution in [0.3, 0.4) is 0 Å². The predicted octanol–water partition coefficient (Wildman–Crippen LogP) is 3.67. The maximum Gasteiger partial charge on any atom is 0.258 e. The molecular formula is C19H17N3O. The zero-order chi connectivity index (χ0) is 15.6. The summed E-state index contributed by atoms with van der Waals surface area (Å²) in [4.78, 5) is 22.1. The van der Waals surface area contributed by atoms with Gasteiger partial charge in [-0.05, 0) is 36.6 Å². The van der Waals surface area contributed by atoms with Gasteiger partial charge in [0.1, 0.15) is 5.82 Å². The smallest absolute Gasteiger partial charge is 0.258 e. The van der Waals surface area contributed by atoms with Crippen LogP contribution in [0.5, 0.6) is 0 Å². The van der Waals surface area contributed by atoms with Crippen LogP contribution >= 0.6 is 0 Å². The first kappa shape index (κ1) is 13.8. The molecule has 4 rings (SSSR count). The second kappa shape index (κ2) is 5.72. The van der Waals surface area contributed by atoms with Crippen molar-refractivity contribution in [3.05, 3.63) is 72.1 Å². The molecule has 114 valence electrons. The molecule has 1 amide bonds. The first-order valence-electron chi connectivity index (χ1n) is 7.82. The summed E-state index contributed by atoms with van der Waals surface area (Å²) in [6.45, 7) is 0.774. The molecule has 0 saturated heterocycles. The summed E-state index contributed by atoms with van der Waals surface area (Å²) in [7, 11) is 0. The van der Waals surface area contributed by atoms with E-state index >= 15 is 0 Å². The number of hydrogen-bond donors (Lipinski definition) is 1. The molecule has 4 nitrogen and oxygen atoms in total. The number of rotatable bonds is 2. The second-order valence-corrected chi connectivity index (χ2v) is 5.70. The molecule has 3 aromatic rings. The number of aromatic nitrogens is 2. The van der Waals surface area contributed by atoms with Gasteiger partial charge in [0.15, 0.2) is 0 Å². The van der Waals surface area contributed by atoms with Crippen LogP contribution < -0.4 is 4.90 Å². The normalized spacial score (nSPS) is 13.7. The molecule has 23 heavy (non-hydrogen) atoms. The number of aromatic amines is 1. The summed E-state index contributed by atoms with van der Waals surface area (Å²) < 4.78 is 0. The molecule has 1 aliphatic heterocycles. The number of fused-ring (bicyclic) bond motifs is 1. The molecule has 1 aliphatic rings. The van der Waals surface area contributed by atoms with Crippen LogP contribution in [0.4, 0.5) is 5.69 Å². The lowest BCUT2D eigenvalue weighted by molar-refractivity contribution is 0.0985. The molecule has 0 bridgehead atoms. The summed E-state index contributed by atoms with van der Waals surface area (Å²) in [5.41, 5.74) is 3.97. The van der Waals surface area contributed by atoms with E-state index in [1.165, 1.54) is 5.56 Å². The van der Waals surface area contributed by atoms with Crippen molar-refractivity contribution >= 4 is 11.6 Å². The van der Waals surface area contributed by atoms with Gasteiger partial charge in [-0.2, -0.15) is 0 Å². The molecular weight excluding hydrogens is 286 g/mol. The Labute approximate surface area is 134 Å². The van der Waals surface area contributed by atoms with E-state index in [1.807, 2.05) is 47.4 Å². The van der Waals surface area contributed by atoms with Crippen LogP contribution in [-0.4, -0.2) is 22.4 Å². The summed E-state index contributed by atoms with van der Waals surface area (Å²) >= 11 is 0. The van der Waals surface area contributed by atoms with E-state index in [2.05, 4.69) is 16.0 Å². The van der Waals surface area contributed by atoms with Crippen molar-refractivity contribution < 1.29 is 4.79 Å². The molecule has 4 heteroatoms. The van der Waals surface area contributed by atoms with Crippen molar-refractivity contribution in [3.8, 4) is 11.4 Å². The number of nitrogens with one attached hydrogen (secondary N) is 1. The Morgan fingerprint density at radius 1 is 1.09 bits per heavy atom. The third-order valence-electron chi connectivity index (χ3n) is 4.26. The lowest BCUT2D eigenvalue weighted by Crippen LogP contribution is -2.35. The summed E-state index contributed by atoms with van der Waals surface area (Å²) in [5, 5.41) is 0. The summed E-state index contributed by atoms with van der Waals surface area (Å²) in [6, 6.07) is 15.8. The van der Waals surface area contributed by atoms with Crippen LogP contribution in [-0.2, 0) is 6.42 Å². The number of anilines is 1. The Bertz CT molecular complexity index is 822. The zero-order valence-electron chi connectivity index (χ0n) is 12.7. The van der Waals surface area contributed by atoms with E-state index in [4.69, 9.17) is 0 Å². The largest absolute Gasteiger partial charge is 0.345 e. The van der Waals surface area contributed by atoms with Crippen LogP contribution in [0.2, 0.25) is 0 Å². The quantitative estimate of drug-likeness (QED) is 0.785. The average Bonchev–Trinajstić information content (AvgIpc) is 3.15. The van der Waals surface area contributed by atoms with Gasteiger partial charge in [0, 0.05) is 35.8 Å². The number of aryl methyl sites for hydroxylation is 1. The number of benzene rings is 2. The predicted molar refractivity (Wildman–Crippen MR) is 90.5 cm³/mol. The van der Waals surface area contributed by atoms with E-state index in [9.17, 15) is 4.79 Å². The number of carbonyl (C=O) groups excluding carboxylic acids is 1. The fourth-order valence-corrected chi connectivity index (χ4v) is 3.09. The Balaban J connectivity index is 1.63. The van der Waals surface area contributed by atoms with E-state index in [1.54, 1.807) is 12.4 Å². The van der Waals surface area contributed by atoms with Gasteiger partial charge in [-0.25, -0.2) is 4.98 Å². The van der Waals surface area contributed by atoms with Gasteiger partial charge in [-0.15, -0.1) is 0 Å². The van der Waals surface area contributed by atoms with Crippen molar-refractivity contribution in [1.82, 2.24) is 9.97 Å². The van der Waals surface area contributed by atoms with Crippen molar-refractivity contribution in [2.45, 2.75) is 12.8 Å². The lowest BCUT2D eigenvalue weighted by atomic mass is 10.0. The van der Waals surface area contributed by atoms with Gasteiger partial charge in [-0.3, -0.25) is 4.79 Å². The molecule has 0 saturated carbocycles. The fourth-order valence-electron chi connectivity index (χ4n) is 3.09. The second-order valence-electron chi connectivity index (χ2n) is 5.70. The van der Waals surface area contributed by atoms with Crippen molar-refractivity contribution in [1.29, 1.82) is 0 Å². The first-order chi connectivity index (χ1) is 11.3. The number of carbonyl (C=O) groups is 1. The summed E-state index contributed by atoms with van der Waals surface area (Å²) in [5.74, 6) is 0.871. The number of nitrogens with zero attached hydrogens (tertiary/aromatic N) is 2. The van der Waals surface area contributed by atoms with Crippen molar-refractivity contribution in [2.75, 3.05) is 11.4 Å². The summed E-state index contributed by atoms with van der Waals surface area (Å²) in [6.07, 6.45) is 5.56. The van der Waals surface area contributed by atoms with Gasteiger partial charge in [0.2, 0.25) is 0 Å². The van der Waals surface area contributed by atoms with Crippen LogP contribution in [0.1, 0.15) is 22.3 Å². The topological polar surface area (TPSA) is 49.0 Å². The Morgan fingerprint density at radius 3 is 2.70 bits per heavy atom. The molecule has 0 spiro atoms. The standard InChI is InChI=1S/C19H17N3O/c23-19(22-13-3-5-14-4-1-2-6-17(14)22)16-9-7-15(8-10-16)18-20-11-12-21-18/h1-2,4,6-12H,3,5,13H2,(H,20,21). The molecule has 0 atom stereocenters. The van der Waals surface area contributed by atoms with Crippen molar-refractivity contribution in [3.63, 3.8) is 0 Å². The highest BCUT2D eigenvalue weighted by molar-refractivity contribution is 6.06. The Morgan fingerprint density at radius 2 is 1.91 bits per heavy atom. The van der Waals surface area contributed by atoms with Gasteiger partial charge in [0.25, 0.3) is 5.91 Å². The molecule has 1 N–H and O–H groups in total. The molecule has 2 heterocycles. The highest BCUT2D eigenvalue weighted by Crippen LogP contribution is 2.28. The molecule has 2 aromatic carbocycles. The SMILES string of the molecule is O=C(c1ccc(-c2ncc[nH]2)cc1)N1CCCc2ccccc21. The fraction of sp³-hybridized carbons (Fsp3) is 0.158. The molecule has 0 fully saturated rings. The number of H-pyrrole nitrogens is 1. The van der Waals surface area contributed by atoms with Gasteiger partial charge in [0.05, 0.1) is 0 Å². The van der Waals surface area contributed by atoms with Gasteiger partial charge >= 0.3 is 0 Å². The Kier molecular flexibility index (Phi) is 3.42. The minimum Gasteiger partial charge on any atom is -0.345 e. The third kappa shape index (κ3) is 2.52. The lowest BCUT2D eigenvalue weighted by Gasteiger charge is -2.29. The number of imidazole rings is 1. The van der Waals surface area contributed by atoms with Crippen LogP contribution in [0, 0.1) is 0 Å². The van der Waals surface area contributed by atoms with Gasteiger partial charge < -0.3 is 9.88 Å². The van der Waals surface area contributed by atoms with E-state index in [0.29, 0.717) is 5.56 Å². The highest BCUT2D eigenvalue weighted by Gasteiger charge is 2.23. The number of para-hydroxylation sites is 1. The van der Waals surface area contributed by atoms with Crippen LogP contribution in [0.15, 0.2) is 60.9 Å². The van der Waals surface area contributed by atoms with E-state index in [0.717, 1.165) is 36.5 Å². The minimum atomic E-state index is 0.0585. The van der Waals surface area contributed by atoms with E-state index in [-0.39, 0.29) is 5.91 Å². The van der Waals surface area contributed by atoms with Crippen LogP contribution in [0.25, 0.3) is 11.4 Å².